The van der Waals surface area contributed by atoms with Crippen LogP contribution in [0.15, 0.2) is 18.5 Å². The summed E-state index contributed by atoms with van der Waals surface area (Å²) in [4.78, 5) is 15.6. The van der Waals surface area contributed by atoms with Crippen LogP contribution in [0.2, 0.25) is 0 Å². The second-order valence-corrected chi connectivity index (χ2v) is 7.23. The van der Waals surface area contributed by atoms with Crippen LogP contribution in [0, 0.1) is 5.92 Å². The number of aliphatic carboxylic acids is 1. The summed E-state index contributed by atoms with van der Waals surface area (Å²) < 4.78 is 42.9. The molecule has 0 bridgehead atoms. The smallest absolute Gasteiger partial charge is 0.490 e. The van der Waals surface area contributed by atoms with E-state index >= 15 is 0 Å². The molecule has 0 aromatic carbocycles. The monoisotopic (exact) mass is 404 g/mol. The molecule has 2 heterocycles. The Bertz CT molecular complexity index is 642. The number of alkyl halides is 3. The van der Waals surface area contributed by atoms with Crippen molar-refractivity contribution < 1.29 is 32.5 Å². The van der Waals surface area contributed by atoms with Crippen LogP contribution in [-0.4, -0.2) is 67.1 Å². The lowest BCUT2D eigenvalue weighted by Gasteiger charge is -2.19. The Morgan fingerprint density at radius 3 is 2.68 bits per heavy atom. The predicted molar refractivity (Wildman–Crippen MR) is 96.4 cm³/mol. The number of rotatable bonds is 7. The Balaban J connectivity index is 0.000000345. The molecule has 0 unspecified atom stereocenters. The molecule has 1 aliphatic heterocycles. The van der Waals surface area contributed by atoms with Crippen LogP contribution < -0.4 is 4.74 Å². The van der Waals surface area contributed by atoms with Crippen LogP contribution >= 0.6 is 0 Å². The van der Waals surface area contributed by atoms with Crippen molar-refractivity contribution in [2.45, 2.75) is 43.8 Å². The molecule has 9 heteroatoms. The quantitative estimate of drug-likeness (QED) is 0.752. The minimum atomic E-state index is -5.08. The topological polar surface area (TPSA) is 71.9 Å². The average molecular weight is 404 g/mol. The lowest BCUT2D eigenvalue weighted by molar-refractivity contribution is -0.192. The fourth-order valence-electron chi connectivity index (χ4n) is 3.34. The molecule has 2 fully saturated rings. The summed E-state index contributed by atoms with van der Waals surface area (Å²) in [6.45, 7) is 2.83. The van der Waals surface area contributed by atoms with Crippen LogP contribution in [0.5, 0.6) is 5.75 Å². The number of nitrogens with zero attached hydrogens (tertiary/aromatic N) is 2. The summed E-state index contributed by atoms with van der Waals surface area (Å²) in [5.74, 6) is -0.411. The van der Waals surface area contributed by atoms with Gasteiger partial charge in [0.05, 0.1) is 6.20 Å². The number of ether oxygens (including phenoxy) is 2. The fourth-order valence-corrected chi connectivity index (χ4v) is 3.34. The van der Waals surface area contributed by atoms with Gasteiger partial charge in [-0.3, -0.25) is 4.98 Å². The number of hydrogen-bond acceptors (Lipinski definition) is 5. The van der Waals surface area contributed by atoms with Gasteiger partial charge in [-0.15, -0.1) is 0 Å². The molecule has 1 aromatic heterocycles. The van der Waals surface area contributed by atoms with Crippen molar-refractivity contribution in [1.82, 2.24) is 9.88 Å². The van der Waals surface area contributed by atoms with Crippen LogP contribution in [0.1, 0.15) is 37.2 Å². The molecular formula is C19H27F3N2O4. The molecule has 1 saturated carbocycles. The van der Waals surface area contributed by atoms with Gasteiger partial charge >= 0.3 is 12.1 Å². The largest absolute Gasteiger partial charge is 0.490 e. The first-order valence-corrected chi connectivity index (χ1v) is 9.29. The third-order valence-electron chi connectivity index (χ3n) is 5.13. The lowest BCUT2D eigenvalue weighted by atomic mass is 10.1. The number of hydrogen-bond donors (Lipinski definition) is 1. The van der Waals surface area contributed by atoms with E-state index in [0.717, 1.165) is 31.3 Å². The van der Waals surface area contributed by atoms with Crippen molar-refractivity contribution in [3.63, 3.8) is 0 Å². The van der Waals surface area contributed by atoms with E-state index in [1.54, 1.807) is 7.11 Å². The highest BCUT2D eigenvalue weighted by Gasteiger charge is 2.38. The van der Waals surface area contributed by atoms with Gasteiger partial charge in [-0.25, -0.2) is 4.79 Å². The van der Waals surface area contributed by atoms with Gasteiger partial charge < -0.3 is 19.5 Å². The molecule has 3 rings (SSSR count). The Morgan fingerprint density at radius 1 is 1.39 bits per heavy atom. The second kappa shape index (κ2) is 10.1. The summed E-state index contributed by atoms with van der Waals surface area (Å²) >= 11 is 0. The summed E-state index contributed by atoms with van der Waals surface area (Å²) in [6.07, 6.45) is 3.69. The molecule has 158 valence electrons. The predicted octanol–water partition coefficient (Wildman–Crippen LogP) is 3.33. The number of pyridine rings is 1. The van der Waals surface area contributed by atoms with Crippen molar-refractivity contribution >= 4 is 5.97 Å². The van der Waals surface area contributed by atoms with Gasteiger partial charge in [-0.1, -0.05) is 0 Å². The summed E-state index contributed by atoms with van der Waals surface area (Å²) in [5.41, 5.74) is 1.33. The van der Waals surface area contributed by atoms with E-state index in [1.807, 2.05) is 12.4 Å². The zero-order chi connectivity index (χ0) is 20.7. The van der Waals surface area contributed by atoms with Gasteiger partial charge in [0.1, 0.15) is 12.4 Å². The van der Waals surface area contributed by atoms with Gasteiger partial charge in [0.15, 0.2) is 0 Å². The number of aromatic nitrogens is 1. The molecule has 0 radical (unpaired) electrons. The Morgan fingerprint density at radius 2 is 2.11 bits per heavy atom. The Hall–Kier alpha value is -1.87. The number of likely N-dealkylation sites (N-methyl/N-ethyl adjacent to an activating group) is 1. The molecule has 1 N–H and O–H groups in total. The van der Waals surface area contributed by atoms with Crippen LogP contribution in [0.3, 0.4) is 0 Å². The molecule has 1 aromatic rings. The number of halogens is 3. The number of carboxylic acids is 1. The van der Waals surface area contributed by atoms with Gasteiger partial charge in [-0.05, 0) is 62.7 Å². The Labute approximate surface area is 162 Å². The molecule has 1 aliphatic carbocycles. The van der Waals surface area contributed by atoms with E-state index in [-0.39, 0.29) is 0 Å². The highest BCUT2D eigenvalue weighted by Crippen LogP contribution is 2.49. The molecule has 0 amide bonds. The van der Waals surface area contributed by atoms with Gasteiger partial charge in [-0.2, -0.15) is 13.2 Å². The van der Waals surface area contributed by atoms with Crippen LogP contribution in [-0.2, 0) is 9.53 Å². The van der Waals surface area contributed by atoms with E-state index in [4.69, 9.17) is 19.4 Å². The number of carbonyl (C=O) groups is 1. The zero-order valence-corrected chi connectivity index (χ0v) is 16.1. The maximum atomic E-state index is 10.6. The van der Waals surface area contributed by atoms with E-state index in [1.165, 1.54) is 31.4 Å². The third-order valence-corrected chi connectivity index (χ3v) is 5.13. The van der Waals surface area contributed by atoms with Gasteiger partial charge in [0.25, 0.3) is 0 Å². The van der Waals surface area contributed by atoms with E-state index in [9.17, 15) is 13.2 Å². The molecule has 6 nitrogen and oxygen atoms in total. The fraction of sp³-hybridized carbons (Fsp3) is 0.684. The number of carboxylic acid groups (broad SMARTS) is 1. The van der Waals surface area contributed by atoms with Crippen LogP contribution in [0.25, 0.3) is 0 Å². The molecule has 0 spiro atoms. The first-order chi connectivity index (χ1) is 13.2. The molecule has 2 aliphatic rings. The van der Waals surface area contributed by atoms with E-state index < -0.39 is 12.1 Å². The van der Waals surface area contributed by atoms with Crippen molar-refractivity contribution in [3.8, 4) is 5.75 Å². The summed E-state index contributed by atoms with van der Waals surface area (Å²) in [6, 6.07) is 2.74. The first kappa shape index (κ1) is 22.4. The van der Waals surface area contributed by atoms with Gasteiger partial charge in [0.2, 0.25) is 0 Å². The first-order valence-electron chi connectivity index (χ1n) is 9.29. The number of likely N-dealkylation sites (tertiary alicyclic amines) is 1. The standard InChI is InChI=1S/C17H26N2O2.C2HF3O2/c1-19-6-3-4-15(19)12-21-16-8-14(10-18-11-16)17-9-13(17)5-7-20-2;3-2(4,5)1(6)7/h8,10-11,13,15,17H,3-7,9,12H2,1-2H3;(H,6,7)/t13-,15+,17-;/m1./s1. The highest BCUT2D eigenvalue weighted by atomic mass is 19.4. The normalized spacial score (nSPS) is 24.4. The van der Waals surface area contributed by atoms with Crippen molar-refractivity contribution in [1.29, 1.82) is 0 Å². The third kappa shape index (κ3) is 6.94. The van der Waals surface area contributed by atoms with Crippen molar-refractivity contribution in [3.05, 3.63) is 24.0 Å². The maximum Gasteiger partial charge on any atom is 0.490 e. The van der Waals surface area contributed by atoms with E-state index in [2.05, 4.69) is 23.0 Å². The van der Waals surface area contributed by atoms with E-state index in [0.29, 0.717) is 12.0 Å². The minimum absolute atomic E-state index is 0.559. The molecule has 1 saturated heterocycles. The maximum absolute atomic E-state index is 10.6. The SMILES string of the molecule is COCC[C@@H]1C[C@H]1c1cncc(OC[C@@H]2CCCN2C)c1.O=C(O)C(F)(F)F. The van der Waals surface area contributed by atoms with Gasteiger partial charge in [0, 0.05) is 26.0 Å². The van der Waals surface area contributed by atoms with Crippen molar-refractivity contribution in [2.75, 3.05) is 33.9 Å². The number of methoxy groups -OCH3 is 1. The van der Waals surface area contributed by atoms with Crippen molar-refractivity contribution in [2.24, 2.45) is 5.92 Å². The highest BCUT2D eigenvalue weighted by molar-refractivity contribution is 5.73. The zero-order valence-electron chi connectivity index (χ0n) is 16.1. The second-order valence-electron chi connectivity index (χ2n) is 7.23. The Kier molecular flexibility index (Phi) is 8.06. The summed E-state index contributed by atoms with van der Waals surface area (Å²) in [5, 5.41) is 7.12. The molecule has 28 heavy (non-hydrogen) atoms. The molecular weight excluding hydrogens is 377 g/mol. The lowest BCUT2D eigenvalue weighted by Crippen LogP contribution is -2.30. The minimum Gasteiger partial charge on any atom is -0.490 e. The summed E-state index contributed by atoms with van der Waals surface area (Å²) in [7, 11) is 3.95. The average Bonchev–Trinajstić information content (AvgIpc) is 3.31. The van der Waals surface area contributed by atoms with Crippen LogP contribution in [0.4, 0.5) is 13.2 Å². The molecule has 3 atom stereocenters.